The summed E-state index contributed by atoms with van der Waals surface area (Å²) in [7, 11) is 0. The summed E-state index contributed by atoms with van der Waals surface area (Å²) >= 11 is 7.50. The standard InChI is InChI=1S/C28H23ClN4OS/c1-19-17-25(20(2)32(19)23-11-7-4-8-12-23)26(34)18-35-28-31-30-27(21-9-5-3-6-10-21)33(28)24-15-13-22(29)14-16-24/h3-17H,18H2,1-2H3. The zero-order chi connectivity index (χ0) is 24.4. The fourth-order valence-electron chi connectivity index (χ4n) is 4.19. The summed E-state index contributed by atoms with van der Waals surface area (Å²) in [5.74, 6) is 1.02. The quantitative estimate of drug-likeness (QED) is 0.179. The largest absolute Gasteiger partial charge is 0.318 e. The molecular formula is C28H23ClN4OS. The van der Waals surface area contributed by atoms with Crippen molar-refractivity contribution in [2.75, 3.05) is 5.75 Å². The van der Waals surface area contributed by atoms with Gasteiger partial charge in [-0.1, -0.05) is 71.9 Å². The summed E-state index contributed by atoms with van der Waals surface area (Å²) < 4.78 is 4.08. The fourth-order valence-corrected chi connectivity index (χ4v) is 5.15. The Hall–Kier alpha value is -3.61. The van der Waals surface area contributed by atoms with Crippen molar-refractivity contribution in [2.45, 2.75) is 19.0 Å². The van der Waals surface area contributed by atoms with E-state index in [4.69, 9.17) is 11.6 Å². The molecule has 0 radical (unpaired) electrons. The van der Waals surface area contributed by atoms with Gasteiger partial charge in [0.25, 0.3) is 0 Å². The highest BCUT2D eigenvalue weighted by Crippen LogP contribution is 2.30. The van der Waals surface area contributed by atoms with Gasteiger partial charge in [-0.25, -0.2) is 0 Å². The highest BCUT2D eigenvalue weighted by Gasteiger charge is 2.20. The molecule has 0 unspecified atom stereocenters. The molecular weight excluding hydrogens is 476 g/mol. The van der Waals surface area contributed by atoms with Gasteiger partial charge >= 0.3 is 0 Å². The number of para-hydroxylation sites is 1. The van der Waals surface area contributed by atoms with E-state index in [1.54, 1.807) is 0 Å². The van der Waals surface area contributed by atoms with Gasteiger partial charge in [0, 0.05) is 38.9 Å². The molecule has 0 atom stereocenters. The first-order valence-corrected chi connectivity index (χ1v) is 12.6. The summed E-state index contributed by atoms with van der Waals surface area (Å²) in [5, 5.41) is 10.2. The Morgan fingerprint density at radius 3 is 2.14 bits per heavy atom. The topological polar surface area (TPSA) is 52.7 Å². The number of benzene rings is 3. The maximum Gasteiger partial charge on any atom is 0.196 e. The molecule has 5 aromatic rings. The van der Waals surface area contributed by atoms with E-state index >= 15 is 0 Å². The number of thioether (sulfide) groups is 1. The molecule has 0 fully saturated rings. The lowest BCUT2D eigenvalue weighted by Crippen LogP contribution is -2.07. The molecule has 5 nitrogen and oxygen atoms in total. The first-order valence-electron chi connectivity index (χ1n) is 11.2. The van der Waals surface area contributed by atoms with E-state index in [1.165, 1.54) is 11.8 Å². The highest BCUT2D eigenvalue weighted by molar-refractivity contribution is 7.99. The van der Waals surface area contributed by atoms with Crippen molar-refractivity contribution in [1.82, 2.24) is 19.3 Å². The van der Waals surface area contributed by atoms with Crippen LogP contribution in [0, 0.1) is 13.8 Å². The van der Waals surface area contributed by atoms with Gasteiger partial charge < -0.3 is 4.57 Å². The van der Waals surface area contributed by atoms with Crippen molar-refractivity contribution < 1.29 is 4.79 Å². The number of aromatic nitrogens is 4. The Kier molecular flexibility index (Phi) is 6.57. The third-order valence-electron chi connectivity index (χ3n) is 5.83. The molecule has 0 aliphatic carbocycles. The average Bonchev–Trinajstić information content (AvgIpc) is 3.44. The Morgan fingerprint density at radius 1 is 0.829 bits per heavy atom. The lowest BCUT2D eigenvalue weighted by atomic mass is 10.2. The molecule has 0 aliphatic rings. The lowest BCUT2D eigenvalue weighted by Gasteiger charge is -2.11. The molecule has 7 heteroatoms. The summed E-state index contributed by atoms with van der Waals surface area (Å²) in [6.45, 7) is 4.01. The average molecular weight is 499 g/mol. The van der Waals surface area contributed by atoms with Crippen LogP contribution in [0.2, 0.25) is 5.02 Å². The zero-order valence-electron chi connectivity index (χ0n) is 19.4. The third-order valence-corrected chi connectivity index (χ3v) is 7.01. The van der Waals surface area contributed by atoms with Crippen LogP contribution in [-0.4, -0.2) is 30.9 Å². The van der Waals surface area contributed by atoms with Gasteiger partial charge in [-0.15, -0.1) is 10.2 Å². The molecule has 0 spiro atoms. The van der Waals surface area contributed by atoms with Gasteiger partial charge in [-0.2, -0.15) is 0 Å². The van der Waals surface area contributed by atoms with E-state index < -0.39 is 0 Å². The Bertz CT molecular complexity index is 1480. The molecule has 0 amide bonds. The second-order valence-electron chi connectivity index (χ2n) is 8.15. The van der Waals surface area contributed by atoms with Gasteiger partial charge in [-0.3, -0.25) is 9.36 Å². The van der Waals surface area contributed by atoms with Gasteiger partial charge in [0.2, 0.25) is 0 Å². The fraction of sp³-hybridized carbons (Fsp3) is 0.107. The predicted octanol–water partition coefficient (Wildman–Crippen LogP) is 6.97. The molecule has 3 aromatic carbocycles. The molecule has 0 saturated carbocycles. The normalized spacial score (nSPS) is 11.1. The van der Waals surface area contributed by atoms with Crippen LogP contribution in [0.1, 0.15) is 21.7 Å². The van der Waals surface area contributed by atoms with Crippen molar-refractivity contribution >= 4 is 29.1 Å². The Morgan fingerprint density at radius 2 is 1.46 bits per heavy atom. The van der Waals surface area contributed by atoms with Crippen LogP contribution in [-0.2, 0) is 0 Å². The number of ketones is 1. The maximum absolute atomic E-state index is 13.3. The molecule has 0 saturated heterocycles. The lowest BCUT2D eigenvalue weighted by molar-refractivity contribution is 0.102. The first kappa shape index (κ1) is 23.1. The first-order chi connectivity index (χ1) is 17.0. The number of Topliss-reactive ketones (excluding diaryl/α,β-unsaturated/α-hetero) is 1. The smallest absolute Gasteiger partial charge is 0.196 e. The monoisotopic (exact) mass is 498 g/mol. The number of hydrogen-bond donors (Lipinski definition) is 0. The van der Waals surface area contributed by atoms with Crippen LogP contribution in [0.25, 0.3) is 22.8 Å². The van der Waals surface area contributed by atoms with E-state index in [0.717, 1.165) is 33.9 Å². The minimum atomic E-state index is 0.0530. The van der Waals surface area contributed by atoms with Crippen molar-refractivity contribution in [1.29, 1.82) is 0 Å². The molecule has 2 heterocycles. The number of aryl methyl sites for hydroxylation is 1. The second kappa shape index (κ2) is 9.94. The third kappa shape index (κ3) is 4.67. The van der Waals surface area contributed by atoms with Crippen molar-refractivity contribution in [2.24, 2.45) is 0 Å². The molecule has 0 N–H and O–H groups in total. The van der Waals surface area contributed by atoms with Crippen LogP contribution in [0.3, 0.4) is 0 Å². The Balaban J connectivity index is 1.45. The zero-order valence-corrected chi connectivity index (χ0v) is 20.9. The van der Waals surface area contributed by atoms with E-state index in [1.807, 2.05) is 109 Å². The van der Waals surface area contributed by atoms with E-state index in [0.29, 0.717) is 16.0 Å². The molecule has 2 aromatic heterocycles. The van der Waals surface area contributed by atoms with Crippen molar-refractivity contribution in [3.63, 3.8) is 0 Å². The number of nitrogens with zero attached hydrogens (tertiary/aromatic N) is 4. The number of carbonyl (C=O) groups excluding carboxylic acids is 1. The summed E-state index contributed by atoms with van der Waals surface area (Å²) in [6, 6.07) is 29.5. The van der Waals surface area contributed by atoms with Gasteiger partial charge in [0.15, 0.2) is 16.8 Å². The predicted molar refractivity (Wildman–Crippen MR) is 142 cm³/mol. The van der Waals surface area contributed by atoms with Crippen LogP contribution >= 0.6 is 23.4 Å². The van der Waals surface area contributed by atoms with Crippen LogP contribution in [0.5, 0.6) is 0 Å². The molecule has 5 rings (SSSR count). The van der Waals surface area contributed by atoms with Gasteiger partial charge in [0.1, 0.15) is 0 Å². The number of hydrogen-bond acceptors (Lipinski definition) is 4. The summed E-state index contributed by atoms with van der Waals surface area (Å²) in [4.78, 5) is 13.3. The Labute approximate surface area is 213 Å². The van der Waals surface area contributed by atoms with E-state index in [2.05, 4.69) is 14.8 Å². The van der Waals surface area contributed by atoms with Crippen molar-refractivity contribution in [3.05, 3.63) is 113 Å². The minimum absolute atomic E-state index is 0.0530. The maximum atomic E-state index is 13.3. The second-order valence-corrected chi connectivity index (χ2v) is 9.53. The minimum Gasteiger partial charge on any atom is -0.318 e. The molecule has 0 aliphatic heterocycles. The van der Waals surface area contributed by atoms with Crippen LogP contribution in [0.15, 0.2) is 96.2 Å². The number of rotatable bonds is 7. The summed E-state index contributed by atoms with van der Waals surface area (Å²) in [5.41, 5.74) is 5.56. The molecule has 174 valence electrons. The van der Waals surface area contributed by atoms with Gasteiger partial charge in [-0.05, 0) is 56.3 Å². The highest BCUT2D eigenvalue weighted by atomic mass is 35.5. The number of carbonyl (C=O) groups is 1. The van der Waals surface area contributed by atoms with Crippen LogP contribution < -0.4 is 0 Å². The molecule has 0 bridgehead atoms. The number of halogens is 1. The van der Waals surface area contributed by atoms with Crippen LogP contribution in [0.4, 0.5) is 0 Å². The van der Waals surface area contributed by atoms with Crippen molar-refractivity contribution in [3.8, 4) is 22.8 Å². The van der Waals surface area contributed by atoms with E-state index in [-0.39, 0.29) is 11.5 Å². The summed E-state index contributed by atoms with van der Waals surface area (Å²) in [6.07, 6.45) is 0. The molecule has 35 heavy (non-hydrogen) atoms. The van der Waals surface area contributed by atoms with Gasteiger partial charge in [0.05, 0.1) is 5.75 Å². The van der Waals surface area contributed by atoms with E-state index in [9.17, 15) is 4.79 Å². The SMILES string of the molecule is Cc1cc(C(=O)CSc2nnc(-c3ccccc3)n2-c2ccc(Cl)cc2)c(C)n1-c1ccccc1.